The number of likely N-dealkylation sites (N-methyl/N-ethyl adjacent to an activating group) is 1. The summed E-state index contributed by atoms with van der Waals surface area (Å²) in [4.78, 5) is 87.9. The Bertz CT molecular complexity index is 1670. The highest BCUT2D eigenvalue weighted by atomic mass is 16.5. The molecule has 6 rings (SSSR count). The molecule has 0 radical (unpaired) electrons. The van der Waals surface area contributed by atoms with E-state index in [1.807, 2.05) is 38.1 Å². The SMILES string of the molecule is CC(C)C[C@H](C(=O)O)N(C)C(=O)[C@H](NC(=O)[C@H](NC(=O)[C@H](NC(=O)[C@H](NC(=O)N1CCOCC1)C1CCCCC1)C1CCc2ccccc21)C1CCCCC1)C1CCCCC1. The minimum absolute atomic E-state index is 0.0317. The van der Waals surface area contributed by atoms with Gasteiger partial charge in [0.05, 0.1) is 13.2 Å². The molecule has 61 heavy (non-hydrogen) atoms. The number of rotatable bonds is 16. The van der Waals surface area contributed by atoms with Crippen LogP contribution < -0.4 is 21.3 Å². The fourth-order valence-corrected chi connectivity index (χ4v) is 10.8. The van der Waals surface area contributed by atoms with E-state index in [4.69, 9.17) is 4.74 Å². The lowest BCUT2D eigenvalue weighted by molar-refractivity contribution is -0.152. The van der Waals surface area contributed by atoms with E-state index in [1.165, 1.54) is 11.9 Å². The molecule has 6 atom stereocenters. The molecule has 1 aliphatic heterocycles. The van der Waals surface area contributed by atoms with E-state index in [2.05, 4.69) is 21.3 Å². The van der Waals surface area contributed by atoms with Crippen molar-refractivity contribution in [3.05, 3.63) is 35.4 Å². The number of ether oxygens (including phenoxy) is 1. The average molecular weight is 849 g/mol. The molecule has 0 bridgehead atoms. The number of benzene rings is 1. The third kappa shape index (κ3) is 12.0. The summed E-state index contributed by atoms with van der Waals surface area (Å²) in [5.41, 5.74) is 2.09. The molecule has 6 amide bonds. The van der Waals surface area contributed by atoms with Crippen molar-refractivity contribution in [3.63, 3.8) is 0 Å². The Hall–Kier alpha value is -4.20. The second-order valence-corrected chi connectivity index (χ2v) is 19.0. The van der Waals surface area contributed by atoms with Crippen LogP contribution in [0.15, 0.2) is 24.3 Å². The van der Waals surface area contributed by atoms with Crippen LogP contribution in [-0.4, -0.2) is 114 Å². The summed E-state index contributed by atoms with van der Waals surface area (Å²) in [6, 6.07) is 2.81. The van der Waals surface area contributed by atoms with E-state index in [0.29, 0.717) is 32.7 Å². The number of fused-ring (bicyclic) bond motifs is 1. The van der Waals surface area contributed by atoms with Crippen molar-refractivity contribution >= 4 is 35.6 Å². The van der Waals surface area contributed by atoms with E-state index >= 15 is 4.79 Å². The molecular formula is C47H72N6O8. The maximum atomic E-state index is 15.0. The van der Waals surface area contributed by atoms with Gasteiger partial charge in [-0.3, -0.25) is 19.2 Å². The summed E-state index contributed by atoms with van der Waals surface area (Å²) >= 11 is 0. The highest BCUT2D eigenvalue weighted by Crippen LogP contribution is 2.37. The summed E-state index contributed by atoms with van der Waals surface area (Å²) in [7, 11) is 1.52. The van der Waals surface area contributed by atoms with Crippen LogP contribution in [0.4, 0.5) is 4.79 Å². The largest absolute Gasteiger partial charge is 0.480 e. The van der Waals surface area contributed by atoms with Crippen molar-refractivity contribution < 1.29 is 38.6 Å². The van der Waals surface area contributed by atoms with Gasteiger partial charge in [-0.05, 0) is 92.6 Å². The van der Waals surface area contributed by atoms with Crippen molar-refractivity contribution in [1.29, 1.82) is 0 Å². The monoisotopic (exact) mass is 849 g/mol. The van der Waals surface area contributed by atoms with Gasteiger partial charge in [-0.1, -0.05) is 95.9 Å². The minimum Gasteiger partial charge on any atom is -0.480 e. The Balaban J connectivity index is 1.28. The fourth-order valence-electron chi connectivity index (χ4n) is 10.8. The van der Waals surface area contributed by atoms with Crippen LogP contribution in [0.1, 0.15) is 140 Å². The second-order valence-electron chi connectivity index (χ2n) is 19.0. The van der Waals surface area contributed by atoms with Crippen molar-refractivity contribution in [1.82, 2.24) is 31.1 Å². The molecule has 5 N–H and O–H groups in total. The smallest absolute Gasteiger partial charge is 0.326 e. The van der Waals surface area contributed by atoms with Gasteiger partial charge in [-0.25, -0.2) is 9.59 Å². The number of hydrogen-bond donors (Lipinski definition) is 5. The lowest BCUT2D eigenvalue weighted by atomic mass is 9.81. The molecule has 1 saturated heterocycles. The van der Waals surface area contributed by atoms with Gasteiger partial charge in [-0.2, -0.15) is 0 Å². The maximum Gasteiger partial charge on any atom is 0.326 e. The number of carboxylic acid groups (broad SMARTS) is 1. The van der Waals surface area contributed by atoms with Crippen LogP contribution in [0.5, 0.6) is 0 Å². The molecule has 1 aromatic rings. The van der Waals surface area contributed by atoms with Gasteiger partial charge in [0.2, 0.25) is 23.6 Å². The van der Waals surface area contributed by atoms with E-state index < -0.39 is 59.8 Å². The molecule has 338 valence electrons. The molecule has 4 aliphatic carbocycles. The number of carbonyl (C=O) groups excluding carboxylic acids is 5. The first-order valence-electron chi connectivity index (χ1n) is 23.5. The van der Waals surface area contributed by atoms with E-state index in [-0.39, 0.29) is 42.0 Å². The summed E-state index contributed by atoms with van der Waals surface area (Å²) in [5, 5.41) is 22.7. The number of carbonyl (C=O) groups is 6. The number of aryl methyl sites for hydroxylation is 1. The molecule has 0 spiro atoms. The minimum atomic E-state index is -1.08. The zero-order chi connectivity index (χ0) is 43.5. The number of morpholine rings is 1. The highest BCUT2D eigenvalue weighted by Gasteiger charge is 2.43. The number of carboxylic acids is 1. The van der Waals surface area contributed by atoms with Crippen molar-refractivity contribution in [2.45, 2.75) is 166 Å². The topological polar surface area (TPSA) is 186 Å². The van der Waals surface area contributed by atoms with Gasteiger partial charge in [0.15, 0.2) is 0 Å². The number of nitrogens with one attached hydrogen (secondary N) is 4. The number of urea groups is 1. The van der Waals surface area contributed by atoms with Crippen LogP contribution >= 0.6 is 0 Å². The first-order valence-corrected chi connectivity index (χ1v) is 23.5. The normalized spacial score (nSPS) is 22.8. The first kappa shape index (κ1) is 46.3. The third-order valence-electron chi connectivity index (χ3n) is 14.3. The highest BCUT2D eigenvalue weighted by molar-refractivity contribution is 5.97. The maximum absolute atomic E-state index is 15.0. The van der Waals surface area contributed by atoms with Crippen LogP contribution in [0.3, 0.4) is 0 Å². The summed E-state index contributed by atoms with van der Waals surface area (Å²) < 4.78 is 5.47. The summed E-state index contributed by atoms with van der Waals surface area (Å²) in [5.74, 6) is -3.63. The Morgan fingerprint density at radius 2 is 1.15 bits per heavy atom. The fraction of sp³-hybridized carbons (Fsp3) is 0.745. The van der Waals surface area contributed by atoms with Crippen molar-refractivity contribution in [3.8, 4) is 0 Å². The van der Waals surface area contributed by atoms with Crippen LogP contribution in [0.2, 0.25) is 0 Å². The van der Waals surface area contributed by atoms with Crippen molar-refractivity contribution in [2.24, 2.45) is 23.7 Å². The van der Waals surface area contributed by atoms with E-state index in [1.54, 1.807) is 4.90 Å². The predicted octanol–water partition coefficient (Wildman–Crippen LogP) is 5.28. The summed E-state index contributed by atoms with van der Waals surface area (Å²) in [6.45, 7) is 5.56. The first-order chi connectivity index (χ1) is 29.4. The molecule has 4 fully saturated rings. The van der Waals surface area contributed by atoms with Gasteiger partial charge in [-0.15, -0.1) is 0 Å². The molecule has 14 heteroatoms. The van der Waals surface area contributed by atoms with Gasteiger partial charge in [0.1, 0.15) is 30.2 Å². The second kappa shape index (κ2) is 22.2. The Kier molecular flexibility index (Phi) is 16.9. The Labute approximate surface area is 362 Å². The van der Waals surface area contributed by atoms with Crippen molar-refractivity contribution in [2.75, 3.05) is 33.4 Å². The predicted molar refractivity (Wildman–Crippen MR) is 231 cm³/mol. The Morgan fingerprint density at radius 3 is 1.69 bits per heavy atom. The molecule has 1 heterocycles. The number of amides is 6. The zero-order valence-corrected chi connectivity index (χ0v) is 36.8. The van der Waals surface area contributed by atoms with E-state index in [0.717, 1.165) is 114 Å². The zero-order valence-electron chi connectivity index (χ0n) is 36.8. The molecular weight excluding hydrogens is 777 g/mol. The van der Waals surface area contributed by atoms with Gasteiger partial charge >= 0.3 is 12.0 Å². The standard InChI is InChI=1S/C47H72N6O8/c1-30(2)29-37(46(58)59)52(3)45(57)40(34-20-11-6-12-21-34)49-42(54)38(32-16-7-4-8-17-32)48-44(56)41(36-24-23-31-15-13-14-22-35(31)36)50-43(55)39(33-18-9-5-10-19-33)51-47(60)53-25-27-61-28-26-53/h13-15,22,30,32-34,36-41H,4-12,16-21,23-29H2,1-3H3,(H,48,56)(H,49,54)(H,50,55)(H,51,60)(H,58,59)/t36?,37-,38-,39-,40-,41-/m1/s1. The van der Waals surface area contributed by atoms with Crippen LogP contribution in [-0.2, 0) is 35.1 Å². The van der Waals surface area contributed by atoms with E-state index in [9.17, 15) is 29.1 Å². The van der Waals surface area contributed by atoms with Crippen LogP contribution in [0.25, 0.3) is 0 Å². The van der Waals surface area contributed by atoms with Gasteiger partial charge < -0.3 is 40.9 Å². The molecule has 1 aromatic carbocycles. The number of aliphatic carboxylic acids is 1. The van der Waals surface area contributed by atoms with Gasteiger partial charge in [0.25, 0.3) is 0 Å². The number of nitrogens with zero attached hydrogens (tertiary/aromatic N) is 2. The third-order valence-corrected chi connectivity index (χ3v) is 14.3. The average Bonchev–Trinajstić information content (AvgIpc) is 3.71. The lowest BCUT2D eigenvalue weighted by Crippen LogP contribution is -2.63. The Morgan fingerprint density at radius 1 is 0.672 bits per heavy atom. The molecule has 14 nitrogen and oxygen atoms in total. The molecule has 3 saturated carbocycles. The van der Waals surface area contributed by atoms with Crippen LogP contribution in [0, 0.1) is 23.7 Å². The molecule has 0 aromatic heterocycles. The summed E-state index contributed by atoms with van der Waals surface area (Å²) in [6.07, 6.45) is 14.7. The van der Waals surface area contributed by atoms with Gasteiger partial charge in [0, 0.05) is 26.1 Å². The molecule has 5 aliphatic rings. The number of hydrogen-bond acceptors (Lipinski definition) is 7. The quantitative estimate of drug-likeness (QED) is 0.149. The molecule has 1 unspecified atom stereocenters. The lowest BCUT2D eigenvalue weighted by Gasteiger charge is -2.38.